The van der Waals surface area contributed by atoms with Crippen LogP contribution in [0.25, 0.3) is 0 Å². The third kappa shape index (κ3) is 5.02. The number of hydrogen-bond acceptors (Lipinski definition) is 3. The summed E-state index contributed by atoms with van der Waals surface area (Å²) in [7, 11) is 0. The van der Waals surface area contributed by atoms with Gasteiger partial charge in [0.25, 0.3) is 0 Å². The molecule has 0 amide bonds. The monoisotopic (exact) mass is 325 g/mol. The topological polar surface area (TPSA) is 52.3 Å². The molecular formula is C11H14BrClFNO2. The van der Waals surface area contributed by atoms with E-state index in [9.17, 15) is 9.18 Å². The molecule has 17 heavy (non-hydrogen) atoms. The molecule has 0 heterocycles. The van der Waals surface area contributed by atoms with Crippen LogP contribution < -0.4 is 5.73 Å². The van der Waals surface area contributed by atoms with Crippen molar-refractivity contribution in [2.45, 2.75) is 19.4 Å². The number of benzene rings is 1. The molecule has 0 spiro atoms. The van der Waals surface area contributed by atoms with Crippen molar-refractivity contribution < 1.29 is 13.9 Å². The van der Waals surface area contributed by atoms with Crippen molar-refractivity contribution in [2.75, 3.05) is 6.61 Å². The summed E-state index contributed by atoms with van der Waals surface area (Å²) in [6, 6.07) is 3.96. The van der Waals surface area contributed by atoms with Crippen LogP contribution in [0.15, 0.2) is 22.7 Å². The van der Waals surface area contributed by atoms with Crippen molar-refractivity contribution in [1.82, 2.24) is 0 Å². The van der Waals surface area contributed by atoms with E-state index in [0.29, 0.717) is 16.6 Å². The summed E-state index contributed by atoms with van der Waals surface area (Å²) in [5.74, 6) is -0.706. The fourth-order valence-corrected chi connectivity index (χ4v) is 1.66. The van der Waals surface area contributed by atoms with Gasteiger partial charge in [-0.15, -0.1) is 12.4 Å². The van der Waals surface area contributed by atoms with Gasteiger partial charge in [0.2, 0.25) is 0 Å². The van der Waals surface area contributed by atoms with Gasteiger partial charge in [-0.05, 0) is 40.5 Å². The van der Waals surface area contributed by atoms with Crippen LogP contribution in [0.4, 0.5) is 4.39 Å². The van der Waals surface area contributed by atoms with E-state index in [4.69, 9.17) is 10.5 Å². The Morgan fingerprint density at radius 1 is 1.59 bits per heavy atom. The summed E-state index contributed by atoms with van der Waals surface area (Å²) in [5.41, 5.74) is 6.50. The molecule has 2 N–H and O–H groups in total. The average molecular weight is 327 g/mol. The summed E-state index contributed by atoms with van der Waals surface area (Å²) in [4.78, 5) is 11.2. The van der Waals surface area contributed by atoms with Gasteiger partial charge < -0.3 is 10.5 Å². The second-order valence-corrected chi connectivity index (χ2v) is 4.14. The van der Waals surface area contributed by atoms with Crippen LogP contribution in [-0.4, -0.2) is 12.6 Å². The molecule has 0 aromatic heterocycles. The minimum atomic E-state index is -0.476. The van der Waals surface area contributed by atoms with Crippen LogP contribution in [0, 0.1) is 5.82 Å². The van der Waals surface area contributed by atoms with Crippen LogP contribution in [0.1, 0.15) is 24.9 Å². The number of carbonyl (C=O) groups is 1. The molecule has 1 aromatic rings. The van der Waals surface area contributed by atoms with Crippen LogP contribution in [0.3, 0.4) is 0 Å². The molecule has 1 aromatic carbocycles. The van der Waals surface area contributed by atoms with Gasteiger partial charge in [0.05, 0.1) is 17.5 Å². The predicted molar refractivity (Wildman–Crippen MR) is 69.5 cm³/mol. The quantitative estimate of drug-likeness (QED) is 0.866. The molecule has 1 atom stereocenters. The number of halogens is 3. The Labute approximate surface area is 114 Å². The second kappa shape index (κ2) is 7.63. The first-order chi connectivity index (χ1) is 7.54. The second-order valence-electron chi connectivity index (χ2n) is 3.29. The van der Waals surface area contributed by atoms with Gasteiger partial charge in [-0.3, -0.25) is 4.79 Å². The zero-order chi connectivity index (χ0) is 12.1. The standard InChI is InChI=1S/C11H13BrFNO2.ClH/c1-2-16-11(15)6-10(14)7-3-4-9(13)8(12)5-7;/h3-5,10H,2,6,14H2,1H3;1H/t10-;/m0./s1. The summed E-state index contributed by atoms with van der Waals surface area (Å²) < 4.78 is 18.1. The SMILES string of the molecule is CCOC(=O)C[C@H](N)c1ccc(F)c(Br)c1.Cl. The van der Waals surface area contributed by atoms with Crippen molar-refractivity contribution in [1.29, 1.82) is 0 Å². The van der Waals surface area contributed by atoms with E-state index in [2.05, 4.69) is 15.9 Å². The molecule has 96 valence electrons. The number of esters is 1. The Morgan fingerprint density at radius 3 is 2.76 bits per heavy atom. The fourth-order valence-electron chi connectivity index (χ4n) is 1.26. The highest BCUT2D eigenvalue weighted by atomic mass is 79.9. The summed E-state index contributed by atoms with van der Waals surface area (Å²) in [5, 5.41) is 0. The van der Waals surface area contributed by atoms with Gasteiger partial charge in [-0.25, -0.2) is 4.39 Å². The van der Waals surface area contributed by atoms with Crippen LogP contribution in [-0.2, 0) is 9.53 Å². The molecule has 3 nitrogen and oxygen atoms in total. The Hall–Kier alpha value is -0.650. The van der Waals surface area contributed by atoms with Crippen molar-refractivity contribution in [3.63, 3.8) is 0 Å². The van der Waals surface area contributed by atoms with E-state index in [0.717, 1.165) is 0 Å². The average Bonchev–Trinajstić information content (AvgIpc) is 2.22. The van der Waals surface area contributed by atoms with Crippen molar-refractivity contribution in [3.05, 3.63) is 34.1 Å². The smallest absolute Gasteiger partial charge is 0.307 e. The van der Waals surface area contributed by atoms with Crippen LogP contribution in [0.2, 0.25) is 0 Å². The molecule has 0 bridgehead atoms. The highest BCUT2D eigenvalue weighted by molar-refractivity contribution is 9.10. The van der Waals surface area contributed by atoms with Gasteiger partial charge >= 0.3 is 5.97 Å². The molecule has 0 radical (unpaired) electrons. The number of hydrogen-bond donors (Lipinski definition) is 1. The first-order valence-electron chi connectivity index (χ1n) is 4.90. The maximum atomic E-state index is 13.0. The third-order valence-corrected chi connectivity index (χ3v) is 2.67. The van der Waals surface area contributed by atoms with E-state index in [1.807, 2.05) is 0 Å². The van der Waals surface area contributed by atoms with E-state index >= 15 is 0 Å². The molecule has 0 aliphatic rings. The zero-order valence-corrected chi connectivity index (χ0v) is 11.7. The Kier molecular flexibility index (Phi) is 7.34. The zero-order valence-electron chi connectivity index (χ0n) is 9.28. The van der Waals surface area contributed by atoms with E-state index < -0.39 is 6.04 Å². The number of carbonyl (C=O) groups excluding carboxylic acids is 1. The molecule has 0 aliphatic heterocycles. The van der Waals surface area contributed by atoms with E-state index in [-0.39, 0.29) is 30.6 Å². The number of nitrogens with two attached hydrogens (primary N) is 1. The summed E-state index contributed by atoms with van der Waals surface area (Å²) >= 11 is 3.06. The predicted octanol–water partition coefficient (Wildman–Crippen LogP) is 2.96. The van der Waals surface area contributed by atoms with Crippen molar-refractivity contribution >= 4 is 34.3 Å². The van der Waals surface area contributed by atoms with Gasteiger partial charge in [0.15, 0.2) is 0 Å². The maximum Gasteiger partial charge on any atom is 0.307 e. The maximum absolute atomic E-state index is 13.0. The fraction of sp³-hybridized carbons (Fsp3) is 0.364. The van der Waals surface area contributed by atoms with E-state index in [1.54, 1.807) is 19.1 Å². The summed E-state index contributed by atoms with van der Waals surface area (Å²) in [6.45, 7) is 2.07. The Morgan fingerprint density at radius 2 is 2.24 bits per heavy atom. The normalized spacial score (nSPS) is 11.5. The lowest BCUT2D eigenvalue weighted by Gasteiger charge is -2.11. The number of ether oxygens (including phenoxy) is 1. The van der Waals surface area contributed by atoms with Crippen LogP contribution >= 0.6 is 28.3 Å². The lowest BCUT2D eigenvalue weighted by molar-refractivity contribution is -0.143. The molecule has 0 unspecified atom stereocenters. The first kappa shape index (κ1) is 16.4. The summed E-state index contributed by atoms with van der Waals surface area (Å²) in [6.07, 6.45) is 0.0892. The molecule has 0 saturated carbocycles. The highest BCUT2D eigenvalue weighted by Gasteiger charge is 2.13. The van der Waals surface area contributed by atoms with Gasteiger partial charge in [0.1, 0.15) is 5.82 Å². The molecule has 0 aliphatic carbocycles. The lowest BCUT2D eigenvalue weighted by atomic mass is 10.1. The Balaban J connectivity index is 0.00000256. The highest BCUT2D eigenvalue weighted by Crippen LogP contribution is 2.22. The molecular weight excluding hydrogens is 312 g/mol. The molecule has 0 fully saturated rings. The van der Waals surface area contributed by atoms with Crippen LogP contribution in [0.5, 0.6) is 0 Å². The Bertz CT molecular complexity index is 390. The van der Waals surface area contributed by atoms with Gasteiger partial charge in [0, 0.05) is 6.04 Å². The minimum absolute atomic E-state index is 0. The lowest BCUT2D eigenvalue weighted by Crippen LogP contribution is -2.17. The molecule has 0 saturated heterocycles. The largest absolute Gasteiger partial charge is 0.466 e. The molecule has 6 heteroatoms. The van der Waals surface area contributed by atoms with Crippen molar-refractivity contribution in [3.8, 4) is 0 Å². The van der Waals surface area contributed by atoms with Gasteiger partial charge in [-0.2, -0.15) is 0 Å². The molecule has 1 rings (SSSR count). The van der Waals surface area contributed by atoms with Gasteiger partial charge in [-0.1, -0.05) is 6.07 Å². The van der Waals surface area contributed by atoms with Crippen molar-refractivity contribution in [2.24, 2.45) is 5.73 Å². The first-order valence-corrected chi connectivity index (χ1v) is 5.70. The minimum Gasteiger partial charge on any atom is -0.466 e. The van der Waals surface area contributed by atoms with E-state index in [1.165, 1.54) is 6.07 Å². The third-order valence-electron chi connectivity index (χ3n) is 2.06. The number of rotatable bonds is 4.